The van der Waals surface area contributed by atoms with Crippen molar-refractivity contribution in [3.63, 3.8) is 0 Å². The number of phenolic OH excluding ortho intramolecular Hbond substituents is 1. The summed E-state index contributed by atoms with van der Waals surface area (Å²) in [6.07, 6.45) is 2.39. The van der Waals surface area contributed by atoms with Gasteiger partial charge >= 0.3 is 11.9 Å². The number of ether oxygens (including phenoxy) is 2. The second-order valence-corrected chi connectivity index (χ2v) is 6.99. The first-order chi connectivity index (χ1) is 14.8. The molecule has 7 nitrogen and oxygen atoms in total. The van der Waals surface area contributed by atoms with Crippen LogP contribution in [0.25, 0.3) is 0 Å². The number of benzene rings is 2. The summed E-state index contributed by atoms with van der Waals surface area (Å²) in [5, 5.41) is 10.2. The molecule has 7 heteroatoms. The Labute approximate surface area is 178 Å². The molecule has 2 aliphatic rings. The van der Waals surface area contributed by atoms with Gasteiger partial charge in [-0.05, 0) is 38.1 Å². The molecule has 2 aromatic carbocycles. The van der Waals surface area contributed by atoms with Crippen LogP contribution >= 0.6 is 0 Å². The molecule has 1 N–H and O–H groups in total. The summed E-state index contributed by atoms with van der Waals surface area (Å²) in [6.45, 7) is 2.79. The maximum atomic E-state index is 12.5. The smallest absolute Gasteiger partial charge is 0.339 e. The number of aromatic hydroxyl groups is 1. The molecule has 0 fully saturated rings. The van der Waals surface area contributed by atoms with E-state index in [0.29, 0.717) is 5.56 Å². The Morgan fingerprint density at radius 1 is 0.774 bits per heavy atom. The third kappa shape index (κ3) is 5.14. The predicted octanol–water partition coefficient (Wildman–Crippen LogP) is 3.36. The molecule has 0 radical (unpaired) electrons. The number of carbonyl (C=O) groups is 4. The highest BCUT2D eigenvalue weighted by Gasteiger charge is 2.17. The van der Waals surface area contributed by atoms with Crippen LogP contribution in [0.3, 0.4) is 0 Å². The van der Waals surface area contributed by atoms with E-state index in [9.17, 15) is 24.3 Å². The van der Waals surface area contributed by atoms with Crippen LogP contribution in [0.4, 0.5) is 0 Å². The predicted molar refractivity (Wildman–Crippen MR) is 111 cm³/mol. The normalized spacial score (nSPS) is 15.8. The molecule has 0 aromatic heterocycles. The van der Waals surface area contributed by atoms with Crippen molar-refractivity contribution in [2.75, 3.05) is 6.61 Å². The van der Waals surface area contributed by atoms with Gasteiger partial charge in [0.25, 0.3) is 0 Å². The maximum Gasteiger partial charge on any atom is 0.339 e. The second-order valence-electron chi connectivity index (χ2n) is 6.99. The van der Waals surface area contributed by atoms with Crippen molar-refractivity contribution in [2.24, 2.45) is 0 Å². The molecule has 2 aromatic rings. The summed E-state index contributed by atoms with van der Waals surface area (Å²) in [4.78, 5) is 49.5. The van der Waals surface area contributed by atoms with Gasteiger partial charge in [0.15, 0.2) is 11.6 Å². The minimum atomic E-state index is -0.760. The van der Waals surface area contributed by atoms with E-state index in [-0.39, 0.29) is 46.8 Å². The molecule has 0 aliphatic carbocycles. The Kier molecular flexibility index (Phi) is 6.45. The van der Waals surface area contributed by atoms with Gasteiger partial charge in [0, 0.05) is 34.3 Å². The largest absolute Gasteiger partial charge is 0.508 e. The highest BCUT2D eigenvalue weighted by Crippen LogP contribution is 2.29. The molecule has 0 unspecified atom stereocenters. The third-order valence-corrected chi connectivity index (χ3v) is 4.69. The van der Waals surface area contributed by atoms with Crippen LogP contribution in [-0.2, 0) is 20.7 Å². The van der Waals surface area contributed by atoms with Crippen LogP contribution in [0, 0.1) is 0 Å². The van der Waals surface area contributed by atoms with Gasteiger partial charge in [-0.2, -0.15) is 0 Å². The lowest BCUT2D eigenvalue weighted by atomic mass is 10.0. The molecule has 158 valence electrons. The van der Waals surface area contributed by atoms with Crippen LogP contribution in [0.15, 0.2) is 65.8 Å². The van der Waals surface area contributed by atoms with E-state index in [4.69, 9.17) is 9.47 Å². The standard InChI is InChI=1S/C24H20O7/c1-14-12-20(26)16-6-8-17(9-7-16)21(27)13-15(2)24(29)31-22-5-3-4-19(25)18(22)10-11-30-23(14)28/h3-9,12-13,25H,10-11H2,1-2H3. The highest BCUT2D eigenvalue weighted by molar-refractivity contribution is 6.11. The highest BCUT2D eigenvalue weighted by atomic mass is 16.5. The zero-order valence-corrected chi connectivity index (χ0v) is 17.0. The van der Waals surface area contributed by atoms with Crippen molar-refractivity contribution in [1.29, 1.82) is 0 Å². The fourth-order valence-electron chi connectivity index (χ4n) is 2.92. The molecule has 0 spiro atoms. The first-order valence-corrected chi connectivity index (χ1v) is 9.51. The summed E-state index contributed by atoms with van der Waals surface area (Å²) in [5.41, 5.74) is 1.02. The van der Waals surface area contributed by atoms with Crippen LogP contribution in [0.5, 0.6) is 11.5 Å². The number of hydrogen-bond donors (Lipinski definition) is 1. The van der Waals surface area contributed by atoms with Gasteiger partial charge in [0.2, 0.25) is 0 Å². The van der Waals surface area contributed by atoms with Crippen LogP contribution in [0.2, 0.25) is 0 Å². The van der Waals surface area contributed by atoms with Gasteiger partial charge in [0.05, 0.1) is 6.61 Å². The van der Waals surface area contributed by atoms with E-state index in [1.54, 1.807) is 0 Å². The van der Waals surface area contributed by atoms with Crippen molar-refractivity contribution >= 4 is 23.5 Å². The van der Waals surface area contributed by atoms with E-state index < -0.39 is 23.5 Å². The topological polar surface area (TPSA) is 107 Å². The first kappa shape index (κ1) is 21.7. The number of rotatable bonds is 0. The van der Waals surface area contributed by atoms with E-state index >= 15 is 0 Å². The van der Waals surface area contributed by atoms with Gasteiger partial charge in [-0.25, -0.2) is 9.59 Å². The molecule has 31 heavy (non-hydrogen) atoms. The molecule has 0 saturated carbocycles. The number of ketones is 2. The van der Waals surface area contributed by atoms with E-state index in [2.05, 4.69) is 0 Å². The minimum Gasteiger partial charge on any atom is -0.508 e. The lowest BCUT2D eigenvalue weighted by Crippen LogP contribution is -2.14. The molecular weight excluding hydrogens is 400 g/mol. The average molecular weight is 420 g/mol. The third-order valence-electron chi connectivity index (χ3n) is 4.69. The number of fused-ring (bicyclic) bond motifs is 10. The van der Waals surface area contributed by atoms with Crippen molar-refractivity contribution in [2.45, 2.75) is 20.3 Å². The summed E-state index contributed by atoms with van der Waals surface area (Å²) >= 11 is 0. The van der Waals surface area contributed by atoms with Crippen molar-refractivity contribution in [1.82, 2.24) is 0 Å². The Balaban J connectivity index is 2.01. The molecule has 0 saturated heterocycles. The molecule has 2 bridgehead atoms. The fraction of sp³-hybridized carbons (Fsp3) is 0.167. The Morgan fingerprint density at radius 3 is 1.90 bits per heavy atom. The lowest BCUT2D eigenvalue weighted by molar-refractivity contribution is -0.139. The number of hydrogen-bond acceptors (Lipinski definition) is 7. The maximum absolute atomic E-state index is 12.5. The van der Waals surface area contributed by atoms with Gasteiger partial charge < -0.3 is 14.6 Å². The molecule has 2 aliphatic heterocycles. The average Bonchev–Trinajstić information content (AvgIpc) is 2.74. The summed E-state index contributed by atoms with van der Waals surface area (Å²) in [6, 6.07) is 10.3. The van der Waals surface area contributed by atoms with E-state index in [0.717, 1.165) is 6.08 Å². The number of esters is 2. The number of phenols is 1. The molecule has 0 amide bonds. The van der Waals surface area contributed by atoms with Crippen molar-refractivity contribution in [3.05, 3.63) is 82.5 Å². The van der Waals surface area contributed by atoms with Crippen LogP contribution < -0.4 is 4.74 Å². The Morgan fingerprint density at radius 2 is 1.32 bits per heavy atom. The fourth-order valence-corrected chi connectivity index (χ4v) is 2.92. The summed E-state index contributed by atoms with van der Waals surface area (Å²) in [7, 11) is 0. The van der Waals surface area contributed by atoms with Crippen molar-refractivity contribution in [3.8, 4) is 11.5 Å². The van der Waals surface area contributed by atoms with Gasteiger partial charge in [-0.3, -0.25) is 9.59 Å². The summed E-state index contributed by atoms with van der Waals surface area (Å²) < 4.78 is 10.5. The Hall–Kier alpha value is -4.00. The minimum absolute atomic E-state index is 0.0607. The monoisotopic (exact) mass is 420 g/mol. The quantitative estimate of drug-likeness (QED) is 0.514. The Bertz CT molecular complexity index is 1120. The van der Waals surface area contributed by atoms with Gasteiger partial charge in [-0.15, -0.1) is 0 Å². The van der Waals surface area contributed by atoms with Gasteiger partial charge in [0.1, 0.15) is 11.5 Å². The lowest BCUT2D eigenvalue weighted by Gasteiger charge is -2.12. The zero-order valence-electron chi connectivity index (χ0n) is 17.0. The van der Waals surface area contributed by atoms with Crippen molar-refractivity contribution < 1.29 is 33.8 Å². The zero-order chi connectivity index (χ0) is 22.5. The molecular formula is C24H20O7. The van der Waals surface area contributed by atoms with E-state index in [1.165, 1.54) is 62.4 Å². The SMILES string of the molecule is CC1=CC(=O)c2ccc(cc2)C(=O)C=C(C)C(=O)Oc2cccc(O)c2CCOC1=O. The molecule has 2 heterocycles. The van der Waals surface area contributed by atoms with E-state index in [1.807, 2.05) is 0 Å². The second kappa shape index (κ2) is 9.21. The number of carbonyl (C=O) groups excluding carboxylic acids is 4. The van der Waals surface area contributed by atoms with Crippen LogP contribution in [-0.4, -0.2) is 35.2 Å². The number of allylic oxidation sites excluding steroid dienone is 2. The molecule has 0 atom stereocenters. The van der Waals surface area contributed by atoms with Crippen LogP contribution in [0.1, 0.15) is 40.1 Å². The first-order valence-electron chi connectivity index (χ1n) is 9.51. The van der Waals surface area contributed by atoms with Gasteiger partial charge in [-0.1, -0.05) is 30.3 Å². The summed E-state index contributed by atoms with van der Waals surface area (Å²) in [5.74, 6) is -2.32. The molecule has 4 rings (SSSR count).